The third kappa shape index (κ3) is 43.5. The highest BCUT2D eigenvalue weighted by atomic mass is 19.2. The number of benzene rings is 1. The van der Waals surface area contributed by atoms with Crippen molar-refractivity contribution >= 4 is 95.1 Å². The molecule has 6 amide bonds. The lowest BCUT2D eigenvalue weighted by Gasteiger charge is -2.44. The monoisotopic (exact) mass is 1900 g/mol. The van der Waals surface area contributed by atoms with Gasteiger partial charge in [-0.1, -0.05) is 51.5 Å². The lowest BCUT2D eigenvalue weighted by molar-refractivity contribution is -0.277. The largest absolute Gasteiger partial charge is 0.463 e. The number of allylic oxidation sites excluding steroid dienone is 1. The number of ether oxygens (including phenoxy) is 18. The molecule has 0 unspecified atom stereocenters. The summed E-state index contributed by atoms with van der Waals surface area (Å²) in [5.74, 6) is -25.2. The molecule has 41 nitrogen and oxygen atoms in total. The lowest BCUT2D eigenvalue weighted by atomic mass is 9.92. The van der Waals surface area contributed by atoms with Gasteiger partial charge in [-0.3, -0.25) is 76.7 Å². The van der Waals surface area contributed by atoms with E-state index in [2.05, 4.69) is 48.5 Å². The van der Waals surface area contributed by atoms with E-state index in [0.717, 1.165) is 62.3 Å². The van der Waals surface area contributed by atoms with Crippen LogP contribution in [0.15, 0.2) is 12.3 Å². The van der Waals surface area contributed by atoms with Crippen molar-refractivity contribution in [2.45, 2.75) is 315 Å². The second-order valence-electron chi connectivity index (χ2n) is 31.6. The molecule has 3 saturated heterocycles. The maximum absolute atomic E-state index is 14.5. The molecule has 4 rings (SSSR count). The van der Waals surface area contributed by atoms with Gasteiger partial charge in [0.25, 0.3) is 0 Å². The van der Waals surface area contributed by atoms with Gasteiger partial charge in [0.1, 0.15) is 56.3 Å². The van der Waals surface area contributed by atoms with Crippen LogP contribution in [0.5, 0.6) is 5.75 Å². The highest BCUT2D eigenvalue weighted by Gasteiger charge is 2.55. The molecule has 7 N–H and O–H groups in total. The Morgan fingerprint density at radius 1 is 0.333 bits per heavy atom. The van der Waals surface area contributed by atoms with Gasteiger partial charge in [0.15, 0.2) is 55.5 Å². The zero-order valence-corrected chi connectivity index (χ0v) is 76.7. The van der Waals surface area contributed by atoms with E-state index in [1.54, 1.807) is 0 Å². The summed E-state index contributed by atoms with van der Waals surface area (Å²) < 4.78 is 173. The maximum atomic E-state index is 14.5. The van der Waals surface area contributed by atoms with Crippen molar-refractivity contribution in [3.05, 3.63) is 41.4 Å². The molecule has 1 aromatic carbocycles. The molecule has 132 heavy (non-hydrogen) atoms. The minimum absolute atomic E-state index is 0.0485. The fourth-order valence-corrected chi connectivity index (χ4v) is 14.2. The van der Waals surface area contributed by atoms with E-state index in [0.29, 0.717) is 109 Å². The first-order valence-corrected chi connectivity index (χ1v) is 43.7. The maximum Gasteiger partial charge on any atom is 0.311 e. The van der Waals surface area contributed by atoms with E-state index in [4.69, 9.17) is 80.5 Å². The van der Waals surface area contributed by atoms with Gasteiger partial charge in [-0.25, -0.2) is 13.2 Å². The van der Waals surface area contributed by atoms with Crippen LogP contribution < -0.4 is 42.0 Å². The zero-order chi connectivity index (χ0) is 98.2. The van der Waals surface area contributed by atoms with Gasteiger partial charge in [0.2, 0.25) is 70.3 Å². The third-order valence-corrected chi connectivity index (χ3v) is 20.0. The predicted molar refractivity (Wildman–Crippen MR) is 444 cm³/mol. The number of esters is 10. The van der Waals surface area contributed by atoms with Crippen molar-refractivity contribution in [3.63, 3.8) is 0 Å². The van der Waals surface area contributed by atoms with Crippen molar-refractivity contribution in [3.8, 4) is 5.75 Å². The number of hydrogen-bond donors (Lipinski definition) is 7. The zero-order valence-electron chi connectivity index (χ0n) is 76.7. The van der Waals surface area contributed by atoms with Crippen LogP contribution in [0.25, 0.3) is 0 Å². The van der Waals surface area contributed by atoms with Crippen molar-refractivity contribution < 1.29 is 184 Å². The molecule has 0 radical (unpaired) electrons. The van der Waals surface area contributed by atoms with Gasteiger partial charge < -0.3 is 122 Å². The summed E-state index contributed by atoms with van der Waals surface area (Å²) in [7, 11) is 0. The van der Waals surface area contributed by atoms with Crippen LogP contribution in [0.2, 0.25) is 0 Å². The van der Waals surface area contributed by atoms with Crippen molar-refractivity contribution in [1.29, 1.82) is 0 Å². The van der Waals surface area contributed by atoms with Crippen LogP contribution in [0, 0.1) is 29.1 Å². The van der Waals surface area contributed by atoms with Crippen LogP contribution in [0.3, 0.4) is 0 Å². The number of rotatable bonds is 61. The summed E-state index contributed by atoms with van der Waals surface area (Å²) in [6.07, 6.45) is -9.29. The summed E-state index contributed by atoms with van der Waals surface area (Å²) in [4.78, 5) is 200. The molecule has 0 spiro atoms. The van der Waals surface area contributed by atoms with E-state index >= 15 is 0 Å². The number of unbranched alkanes of at least 4 members (excludes halogenated alkanes) is 10. The van der Waals surface area contributed by atoms with Gasteiger partial charge in [-0.2, -0.15) is 8.78 Å². The minimum atomic E-state index is -2.49. The van der Waals surface area contributed by atoms with E-state index in [1.807, 2.05) is 0 Å². The van der Waals surface area contributed by atoms with Crippen LogP contribution in [-0.2, 0) is 157 Å². The molecule has 0 saturated carbocycles. The Labute approximate surface area is 761 Å². The molecule has 746 valence electrons. The highest BCUT2D eigenvalue weighted by molar-refractivity contribution is 5.79. The molecular formula is C86H128F5N7O34. The Morgan fingerprint density at radius 2 is 0.652 bits per heavy atom. The smallest absolute Gasteiger partial charge is 0.311 e. The van der Waals surface area contributed by atoms with Gasteiger partial charge in [-0.15, -0.1) is 0 Å². The summed E-state index contributed by atoms with van der Waals surface area (Å²) >= 11 is 0. The predicted octanol–water partition coefficient (Wildman–Crippen LogP) is 4.72. The average Bonchev–Trinajstić information content (AvgIpc) is 0.793. The molecule has 3 fully saturated rings. The first-order valence-electron chi connectivity index (χ1n) is 43.7. The number of amides is 6. The van der Waals surface area contributed by atoms with E-state index < -0.39 is 260 Å². The van der Waals surface area contributed by atoms with Crippen LogP contribution >= 0.6 is 0 Å². The van der Waals surface area contributed by atoms with E-state index in [9.17, 15) is 98.7 Å². The Kier molecular flexibility index (Phi) is 52.4. The van der Waals surface area contributed by atoms with Gasteiger partial charge in [-0.05, 0) is 64.2 Å². The molecule has 3 aliphatic rings. The molecule has 3 aliphatic heterocycles. The Bertz CT molecular complexity index is 3650. The Hall–Kier alpha value is -10.4. The molecular weight excluding hydrogens is 1770 g/mol. The average molecular weight is 1900 g/mol. The summed E-state index contributed by atoms with van der Waals surface area (Å²) in [6.45, 7) is 16.7. The highest BCUT2D eigenvalue weighted by Crippen LogP contribution is 2.34. The Morgan fingerprint density at radius 3 is 0.977 bits per heavy atom. The number of hydrogen-bond acceptors (Lipinski definition) is 35. The minimum Gasteiger partial charge on any atom is -0.463 e. The van der Waals surface area contributed by atoms with Crippen LogP contribution in [-0.4, -0.2) is 278 Å². The second-order valence-corrected chi connectivity index (χ2v) is 31.6. The summed E-state index contributed by atoms with van der Waals surface area (Å²) in [6, 6.07) is -3.49. The van der Waals surface area contributed by atoms with Crippen LogP contribution in [0.4, 0.5) is 22.0 Å². The van der Waals surface area contributed by atoms with E-state index in [1.165, 1.54) is 20.8 Å². The fourth-order valence-electron chi connectivity index (χ4n) is 14.2. The van der Waals surface area contributed by atoms with Crippen LogP contribution in [0.1, 0.15) is 218 Å². The lowest BCUT2D eigenvalue weighted by Crippen LogP contribution is -2.66. The topological polar surface area (TPSA) is 523 Å². The summed E-state index contributed by atoms with van der Waals surface area (Å²) in [5.41, 5.74) is -0.820. The van der Waals surface area contributed by atoms with Crippen molar-refractivity contribution in [1.82, 2.24) is 37.2 Å². The normalized spacial score (nSPS) is 21.5. The van der Waals surface area contributed by atoms with Gasteiger partial charge >= 0.3 is 59.7 Å². The molecule has 1 aromatic rings. The standard InChI is InChI=1S/C86H128F5N7O34/c1-48(92-35-22-14-17-25-38-117-83-73(95-49(2)99)80(126-58(11)108)76(123-55(8)105)61(129-83)43-120-52(5)102)29-20-21-34-86(98-66(113)30-28-31-67(114)132-79-71(90)69(88)68(87)70(89)72(79)91,46-115-41-32-64(111)93-36-23-15-18-26-39-118-84-74(96-50(3)100)81(127-59(12)109)77(124-56(9)106)62(130-84)44-121-53(6)103)47-116-42-33-65(112)94-37-24-16-19-27-40-119-85-75(97-51(4)101)82(128-60(13)110)78(125-57(10)107)63(131-85)45-122-54(7)104/h61-63,73-78,80-85,92H,1,14-47H2,2-13H3,(H,93,111)(H,94,112)(H,95,99)(H,96,100)(H,97,101)(H,98,113)/t61-,62-,63-,73-,74-,75-,76+,77+,78+,80-,81-,82-,83-,84-,85-/m1/s1. The third-order valence-electron chi connectivity index (χ3n) is 20.0. The molecule has 3 heterocycles. The SMILES string of the molecule is C=C(CCCCC(COCCC(=O)NCCCCCCO[C@@H]1O[C@H](COC(C)=O)[C@H](OC(C)=O)[C@H](OC(C)=O)[C@H]1NC(C)=O)(COCCC(=O)NCCCCCCO[C@@H]1O[C@H](COC(C)=O)[C@H](OC(C)=O)[C@H](OC(C)=O)[C@H]1NC(C)=O)NC(=O)CCCC(=O)Oc1c(F)c(F)c(F)c(F)c1F)NCCCCCCO[C@@H]1O[C@H](COC(C)=O)[C@H](OC(C)=O)[C@H](OC(C)=O)[C@H]1NC(C)=O. The molecule has 46 heteroatoms. The number of carbonyl (C=O) groups excluding carboxylic acids is 16. The number of nitrogens with one attached hydrogen (secondary N) is 7. The van der Waals surface area contributed by atoms with Gasteiger partial charge in [0.05, 0.1) is 32.0 Å². The first-order chi connectivity index (χ1) is 62.5. The molecule has 0 aromatic heterocycles. The first kappa shape index (κ1) is 114. The molecule has 15 atom stereocenters. The fraction of sp³-hybridized carbons (Fsp3) is 0.721. The van der Waals surface area contributed by atoms with Crippen molar-refractivity contribution in [2.75, 3.05) is 85.7 Å². The molecule has 0 aliphatic carbocycles. The number of halogens is 5. The van der Waals surface area contributed by atoms with Gasteiger partial charge in [0, 0.05) is 154 Å². The van der Waals surface area contributed by atoms with Crippen molar-refractivity contribution in [2.24, 2.45) is 0 Å². The summed E-state index contributed by atoms with van der Waals surface area (Å²) in [5, 5.41) is 19.8. The Balaban J connectivity index is 1.45. The molecule has 0 bridgehead atoms. The quantitative estimate of drug-likeness (QED) is 0.00882. The second kappa shape index (κ2) is 60.7. The number of carbonyl (C=O) groups is 16. The van der Waals surface area contributed by atoms with E-state index in [-0.39, 0.29) is 85.0 Å².